The SMILES string of the molecule is CNC(=O)c1[nH]c(C2CCN(C(=O)CC(C)C)CC2)nc1-c1ccc(OC)cc1. The lowest BCUT2D eigenvalue weighted by molar-refractivity contribution is -0.133. The number of aromatic amines is 1. The summed E-state index contributed by atoms with van der Waals surface area (Å²) in [5.41, 5.74) is 1.96. The molecule has 1 aromatic carbocycles. The fourth-order valence-electron chi connectivity index (χ4n) is 3.71. The van der Waals surface area contributed by atoms with E-state index in [2.05, 4.69) is 24.1 Å². The van der Waals surface area contributed by atoms with E-state index in [0.717, 1.165) is 43.1 Å². The second-order valence-electron chi connectivity index (χ2n) is 7.91. The minimum atomic E-state index is -0.195. The Morgan fingerprint density at radius 2 is 1.90 bits per heavy atom. The van der Waals surface area contributed by atoms with Crippen LogP contribution in [0.1, 0.15) is 55.3 Å². The topological polar surface area (TPSA) is 87.3 Å². The van der Waals surface area contributed by atoms with Gasteiger partial charge in [0.15, 0.2) is 0 Å². The standard InChI is InChI=1S/C22H30N4O3/c1-14(2)13-18(27)26-11-9-16(10-12-26)21-24-19(20(25-21)22(28)23-3)15-5-7-17(29-4)8-6-15/h5-8,14,16H,9-13H2,1-4H3,(H,23,28)(H,24,25). The maximum absolute atomic E-state index is 12.4. The van der Waals surface area contributed by atoms with Gasteiger partial charge in [-0.3, -0.25) is 9.59 Å². The average molecular weight is 399 g/mol. The van der Waals surface area contributed by atoms with E-state index in [1.54, 1.807) is 14.2 Å². The van der Waals surface area contributed by atoms with Crippen molar-refractivity contribution < 1.29 is 14.3 Å². The van der Waals surface area contributed by atoms with Gasteiger partial charge in [-0.1, -0.05) is 13.8 Å². The van der Waals surface area contributed by atoms with Crippen molar-refractivity contribution in [1.29, 1.82) is 0 Å². The number of methoxy groups -OCH3 is 1. The predicted octanol–water partition coefficient (Wildman–Crippen LogP) is 3.20. The summed E-state index contributed by atoms with van der Waals surface area (Å²) in [5.74, 6) is 2.16. The molecule has 2 aromatic rings. The Morgan fingerprint density at radius 1 is 1.24 bits per heavy atom. The molecule has 2 N–H and O–H groups in total. The highest BCUT2D eigenvalue weighted by molar-refractivity contribution is 5.98. The van der Waals surface area contributed by atoms with Crippen LogP contribution in [0, 0.1) is 5.92 Å². The second kappa shape index (κ2) is 9.11. The molecule has 0 saturated carbocycles. The number of rotatable bonds is 6. The third kappa shape index (κ3) is 4.78. The van der Waals surface area contributed by atoms with E-state index in [1.165, 1.54) is 0 Å². The minimum Gasteiger partial charge on any atom is -0.497 e. The first-order chi connectivity index (χ1) is 13.9. The molecule has 1 aromatic heterocycles. The van der Waals surface area contributed by atoms with E-state index >= 15 is 0 Å². The molecule has 1 aliphatic rings. The molecule has 0 bridgehead atoms. The van der Waals surface area contributed by atoms with Crippen molar-refractivity contribution in [3.05, 3.63) is 35.8 Å². The summed E-state index contributed by atoms with van der Waals surface area (Å²) in [4.78, 5) is 34.7. The van der Waals surface area contributed by atoms with Crippen LogP contribution in [0.4, 0.5) is 0 Å². The molecule has 7 heteroatoms. The van der Waals surface area contributed by atoms with Crippen molar-refractivity contribution in [3.8, 4) is 17.0 Å². The number of nitrogens with zero attached hydrogens (tertiary/aromatic N) is 2. The fraction of sp³-hybridized carbons (Fsp3) is 0.500. The smallest absolute Gasteiger partial charge is 0.269 e. The van der Waals surface area contributed by atoms with E-state index < -0.39 is 0 Å². The fourth-order valence-corrected chi connectivity index (χ4v) is 3.71. The van der Waals surface area contributed by atoms with Crippen LogP contribution in [-0.4, -0.2) is 53.9 Å². The van der Waals surface area contributed by atoms with Crippen molar-refractivity contribution in [2.45, 2.75) is 39.0 Å². The largest absolute Gasteiger partial charge is 0.497 e. The van der Waals surface area contributed by atoms with Crippen molar-refractivity contribution in [2.24, 2.45) is 5.92 Å². The zero-order chi connectivity index (χ0) is 21.0. The maximum atomic E-state index is 12.4. The zero-order valence-corrected chi connectivity index (χ0v) is 17.6. The van der Waals surface area contributed by atoms with Gasteiger partial charge >= 0.3 is 0 Å². The van der Waals surface area contributed by atoms with Crippen LogP contribution in [0.3, 0.4) is 0 Å². The predicted molar refractivity (Wildman–Crippen MR) is 112 cm³/mol. The number of H-pyrrole nitrogens is 1. The number of amides is 2. The van der Waals surface area contributed by atoms with E-state index in [0.29, 0.717) is 23.7 Å². The van der Waals surface area contributed by atoms with E-state index in [-0.39, 0.29) is 17.7 Å². The lowest BCUT2D eigenvalue weighted by Crippen LogP contribution is -2.38. The molecule has 0 atom stereocenters. The molecule has 0 unspecified atom stereocenters. The Hall–Kier alpha value is -2.83. The summed E-state index contributed by atoms with van der Waals surface area (Å²) >= 11 is 0. The number of imidazole rings is 1. The average Bonchev–Trinajstić information content (AvgIpc) is 3.18. The van der Waals surface area contributed by atoms with E-state index in [1.807, 2.05) is 29.2 Å². The molecule has 1 saturated heterocycles. The van der Waals surface area contributed by atoms with Gasteiger partial charge in [0.1, 0.15) is 23.0 Å². The van der Waals surface area contributed by atoms with Gasteiger partial charge in [0.25, 0.3) is 5.91 Å². The van der Waals surface area contributed by atoms with Gasteiger partial charge < -0.3 is 19.9 Å². The monoisotopic (exact) mass is 398 g/mol. The van der Waals surface area contributed by atoms with Gasteiger partial charge in [0.2, 0.25) is 5.91 Å². The van der Waals surface area contributed by atoms with E-state index in [4.69, 9.17) is 9.72 Å². The Balaban J connectivity index is 1.79. The Kier molecular flexibility index (Phi) is 6.56. The Labute approximate surface area is 171 Å². The molecule has 7 nitrogen and oxygen atoms in total. The van der Waals surface area contributed by atoms with Crippen molar-refractivity contribution in [1.82, 2.24) is 20.2 Å². The Bertz CT molecular complexity index is 849. The molecular weight excluding hydrogens is 368 g/mol. The van der Waals surface area contributed by atoms with Gasteiger partial charge in [0, 0.05) is 38.0 Å². The van der Waals surface area contributed by atoms with Crippen LogP contribution in [0.15, 0.2) is 24.3 Å². The van der Waals surface area contributed by atoms with Crippen LogP contribution in [0.2, 0.25) is 0 Å². The molecule has 0 radical (unpaired) electrons. The number of hydrogen-bond donors (Lipinski definition) is 2. The summed E-state index contributed by atoms with van der Waals surface area (Å²) in [7, 11) is 3.23. The number of nitrogens with one attached hydrogen (secondary N) is 2. The maximum Gasteiger partial charge on any atom is 0.269 e. The van der Waals surface area contributed by atoms with Crippen LogP contribution >= 0.6 is 0 Å². The van der Waals surface area contributed by atoms with Gasteiger partial charge in [-0.15, -0.1) is 0 Å². The van der Waals surface area contributed by atoms with Gasteiger partial charge in [0.05, 0.1) is 7.11 Å². The molecule has 0 spiro atoms. The number of piperidine rings is 1. The van der Waals surface area contributed by atoms with E-state index in [9.17, 15) is 9.59 Å². The Morgan fingerprint density at radius 3 is 2.45 bits per heavy atom. The quantitative estimate of drug-likeness (QED) is 0.782. The molecule has 156 valence electrons. The third-order valence-corrected chi connectivity index (χ3v) is 5.36. The van der Waals surface area contributed by atoms with Crippen molar-refractivity contribution in [3.63, 3.8) is 0 Å². The molecule has 0 aliphatic carbocycles. The second-order valence-corrected chi connectivity index (χ2v) is 7.91. The summed E-state index contributed by atoms with van der Waals surface area (Å²) < 4.78 is 5.22. The van der Waals surface area contributed by atoms with Gasteiger partial charge in [-0.25, -0.2) is 4.98 Å². The first-order valence-electron chi connectivity index (χ1n) is 10.2. The first kappa shape index (κ1) is 20.9. The number of hydrogen-bond acceptors (Lipinski definition) is 4. The summed E-state index contributed by atoms with van der Waals surface area (Å²) in [6.45, 7) is 5.58. The van der Waals surface area contributed by atoms with Gasteiger partial charge in [-0.05, 0) is 43.0 Å². The summed E-state index contributed by atoms with van der Waals surface area (Å²) in [6.07, 6.45) is 2.27. The van der Waals surface area contributed by atoms with Crippen LogP contribution in [-0.2, 0) is 4.79 Å². The number of benzene rings is 1. The zero-order valence-electron chi connectivity index (χ0n) is 17.6. The molecule has 1 aliphatic heterocycles. The minimum absolute atomic E-state index is 0.195. The number of carbonyl (C=O) groups is 2. The molecule has 1 fully saturated rings. The number of ether oxygens (including phenoxy) is 1. The molecule has 2 amide bonds. The molecule has 29 heavy (non-hydrogen) atoms. The van der Waals surface area contributed by atoms with Crippen LogP contribution in [0.5, 0.6) is 5.75 Å². The highest BCUT2D eigenvalue weighted by atomic mass is 16.5. The summed E-state index contributed by atoms with van der Waals surface area (Å²) in [5, 5.41) is 2.68. The normalized spacial score (nSPS) is 14.9. The van der Waals surface area contributed by atoms with Crippen molar-refractivity contribution >= 4 is 11.8 Å². The van der Waals surface area contributed by atoms with Crippen molar-refractivity contribution in [2.75, 3.05) is 27.2 Å². The molecular formula is C22H30N4O3. The lowest BCUT2D eigenvalue weighted by Gasteiger charge is -2.31. The van der Waals surface area contributed by atoms with Gasteiger partial charge in [-0.2, -0.15) is 0 Å². The van der Waals surface area contributed by atoms with Crippen LogP contribution in [0.25, 0.3) is 11.3 Å². The number of aromatic nitrogens is 2. The lowest BCUT2D eigenvalue weighted by atomic mass is 9.95. The number of carbonyl (C=O) groups excluding carboxylic acids is 2. The van der Waals surface area contributed by atoms with Crippen LogP contribution < -0.4 is 10.1 Å². The summed E-state index contributed by atoms with van der Waals surface area (Å²) in [6, 6.07) is 7.52. The highest BCUT2D eigenvalue weighted by Gasteiger charge is 2.28. The first-order valence-corrected chi connectivity index (χ1v) is 10.2. The molecule has 3 rings (SSSR count). The third-order valence-electron chi connectivity index (χ3n) is 5.36. The number of likely N-dealkylation sites (tertiary alicyclic amines) is 1. The highest BCUT2D eigenvalue weighted by Crippen LogP contribution is 2.31. The molecule has 2 heterocycles.